The zero-order valence-corrected chi connectivity index (χ0v) is 14.6. The number of aryl methyl sites for hydroxylation is 1. The first-order valence-electron chi connectivity index (χ1n) is 8.11. The summed E-state index contributed by atoms with van der Waals surface area (Å²) < 4.78 is 38.6. The van der Waals surface area contributed by atoms with Crippen LogP contribution in [0.5, 0.6) is 0 Å². The van der Waals surface area contributed by atoms with E-state index in [0.29, 0.717) is 37.8 Å². The highest BCUT2D eigenvalue weighted by atomic mass is 32.2. The summed E-state index contributed by atoms with van der Waals surface area (Å²) >= 11 is 0. The molecule has 0 N–H and O–H groups in total. The molecule has 23 heavy (non-hydrogen) atoms. The van der Waals surface area contributed by atoms with Gasteiger partial charge in [-0.25, -0.2) is 8.42 Å². The Hall–Kier alpha value is -0.950. The molecule has 1 aromatic carbocycles. The van der Waals surface area contributed by atoms with Crippen molar-refractivity contribution in [3.8, 4) is 0 Å². The van der Waals surface area contributed by atoms with Gasteiger partial charge in [0.05, 0.1) is 11.5 Å². The number of hydrogen-bond acceptors (Lipinski definition) is 4. The van der Waals surface area contributed by atoms with Gasteiger partial charge in [0.15, 0.2) is 0 Å². The Kier molecular flexibility index (Phi) is 4.78. The van der Waals surface area contributed by atoms with Crippen LogP contribution in [-0.2, 0) is 19.5 Å². The van der Waals surface area contributed by atoms with Crippen LogP contribution in [0.15, 0.2) is 29.2 Å². The number of rotatable bonds is 4. The summed E-state index contributed by atoms with van der Waals surface area (Å²) in [6.45, 7) is 5.03. The average molecular weight is 339 g/mol. The Morgan fingerprint density at radius 3 is 2.74 bits per heavy atom. The molecule has 1 atom stereocenters. The predicted octanol–water partition coefficient (Wildman–Crippen LogP) is 2.06. The number of sulfonamides is 1. The smallest absolute Gasteiger partial charge is 0.243 e. The van der Waals surface area contributed by atoms with Gasteiger partial charge in [-0.3, -0.25) is 0 Å². The van der Waals surface area contributed by atoms with Crippen LogP contribution in [0, 0.1) is 18.3 Å². The van der Waals surface area contributed by atoms with Crippen molar-refractivity contribution in [2.24, 2.45) is 11.3 Å². The van der Waals surface area contributed by atoms with E-state index < -0.39 is 10.0 Å². The van der Waals surface area contributed by atoms with Crippen molar-refractivity contribution in [3.63, 3.8) is 0 Å². The van der Waals surface area contributed by atoms with E-state index in [1.165, 1.54) is 0 Å². The standard InChI is InChI=1S/C17H25NO4S/c1-14-4-3-5-16(10-14)23(19,20)18-11-15(12-21-2)17(13-18)6-8-22-9-7-17/h3-5,10,15H,6-9,11-13H2,1-2H3. The van der Waals surface area contributed by atoms with E-state index in [2.05, 4.69) is 0 Å². The summed E-state index contributed by atoms with van der Waals surface area (Å²) in [7, 11) is -1.77. The number of methoxy groups -OCH3 is 1. The average Bonchev–Trinajstić information content (AvgIpc) is 2.87. The summed E-state index contributed by atoms with van der Waals surface area (Å²) in [4.78, 5) is 0.387. The van der Waals surface area contributed by atoms with E-state index in [1.54, 1.807) is 29.6 Å². The highest BCUT2D eigenvalue weighted by Gasteiger charge is 2.50. The number of benzene rings is 1. The Bertz CT molecular complexity index is 652. The second kappa shape index (κ2) is 6.51. The molecule has 128 valence electrons. The lowest BCUT2D eigenvalue weighted by Crippen LogP contribution is -2.39. The van der Waals surface area contributed by atoms with E-state index >= 15 is 0 Å². The van der Waals surface area contributed by atoms with Gasteiger partial charge >= 0.3 is 0 Å². The zero-order valence-electron chi connectivity index (χ0n) is 13.8. The maximum atomic E-state index is 13.0. The van der Waals surface area contributed by atoms with Gasteiger partial charge < -0.3 is 9.47 Å². The minimum absolute atomic E-state index is 0.00877. The van der Waals surface area contributed by atoms with Gasteiger partial charge in [-0.2, -0.15) is 4.31 Å². The fraction of sp³-hybridized carbons (Fsp3) is 0.647. The van der Waals surface area contributed by atoms with Crippen LogP contribution in [0.1, 0.15) is 18.4 Å². The van der Waals surface area contributed by atoms with Crippen molar-refractivity contribution < 1.29 is 17.9 Å². The first-order chi connectivity index (χ1) is 11.0. The topological polar surface area (TPSA) is 55.8 Å². The van der Waals surface area contributed by atoms with E-state index in [4.69, 9.17) is 9.47 Å². The number of nitrogens with zero attached hydrogens (tertiary/aromatic N) is 1. The third-order valence-corrected chi connectivity index (χ3v) is 7.07. The van der Waals surface area contributed by atoms with E-state index in [0.717, 1.165) is 18.4 Å². The monoisotopic (exact) mass is 339 g/mol. The maximum Gasteiger partial charge on any atom is 0.243 e. The molecule has 0 saturated carbocycles. The van der Waals surface area contributed by atoms with Crippen molar-refractivity contribution in [1.82, 2.24) is 4.31 Å². The Labute approximate surface area is 138 Å². The molecule has 0 bridgehead atoms. The predicted molar refractivity (Wildman–Crippen MR) is 87.8 cm³/mol. The zero-order chi connectivity index (χ0) is 16.5. The molecule has 3 rings (SSSR count). The van der Waals surface area contributed by atoms with Crippen molar-refractivity contribution in [2.75, 3.05) is 40.0 Å². The van der Waals surface area contributed by atoms with Crippen molar-refractivity contribution in [1.29, 1.82) is 0 Å². The molecule has 0 amide bonds. The minimum Gasteiger partial charge on any atom is -0.384 e. The molecule has 2 saturated heterocycles. The van der Waals surface area contributed by atoms with Gasteiger partial charge in [-0.15, -0.1) is 0 Å². The maximum absolute atomic E-state index is 13.0. The SMILES string of the molecule is COCC1CN(S(=O)(=O)c2cccc(C)c2)CC12CCOCC2. The fourth-order valence-electron chi connectivity index (χ4n) is 3.87. The van der Waals surface area contributed by atoms with Crippen molar-refractivity contribution in [3.05, 3.63) is 29.8 Å². The molecule has 0 radical (unpaired) electrons. The second-order valence-corrected chi connectivity index (χ2v) is 8.68. The van der Waals surface area contributed by atoms with Gasteiger partial charge in [0.2, 0.25) is 10.0 Å². The molecule has 1 spiro atoms. The first kappa shape index (κ1) is 16.9. The summed E-state index contributed by atoms with van der Waals surface area (Å²) in [5, 5.41) is 0. The van der Waals surface area contributed by atoms with Crippen LogP contribution in [0.2, 0.25) is 0 Å². The molecule has 6 heteroatoms. The van der Waals surface area contributed by atoms with Crippen LogP contribution in [0.3, 0.4) is 0 Å². The van der Waals surface area contributed by atoms with Gasteiger partial charge in [0.25, 0.3) is 0 Å². The van der Waals surface area contributed by atoms with Gasteiger partial charge in [0, 0.05) is 39.3 Å². The van der Waals surface area contributed by atoms with Crippen LogP contribution < -0.4 is 0 Å². The molecule has 1 unspecified atom stereocenters. The van der Waals surface area contributed by atoms with E-state index in [9.17, 15) is 8.42 Å². The second-order valence-electron chi connectivity index (χ2n) is 6.74. The van der Waals surface area contributed by atoms with Crippen LogP contribution in [0.25, 0.3) is 0 Å². The van der Waals surface area contributed by atoms with E-state index in [1.807, 2.05) is 13.0 Å². The molecule has 0 aromatic heterocycles. The summed E-state index contributed by atoms with van der Waals surface area (Å²) in [5.74, 6) is 0.232. The lowest BCUT2D eigenvalue weighted by molar-refractivity contribution is -0.0162. The lowest BCUT2D eigenvalue weighted by atomic mass is 9.72. The van der Waals surface area contributed by atoms with Gasteiger partial charge in [-0.05, 0) is 42.9 Å². The largest absolute Gasteiger partial charge is 0.384 e. The summed E-state index contributed by atoms with van der Waals surface area (Å²) in [5.41, 5.74) is 0.949. The third kappa shape index (κ3) is 3.18. The highest BCUT2D eigenvalue weighted by Crippen LogP contribution is 2.45. The molecule has 2 heterocycles. The minimum atomic E-state index is -3.45. The number of ether oxygens (including phenoxy) is 2. The van der Waals surface area contributed by atoms with E-state index in [-0.39, 0.29) is 11.3 Å². The first-order valence-corrected chi connectivity index (χ1v) is 9.55. The molecule has 2 aliphatic rings. The van der Waals surface area contributed by atoms with Gasteiger partial charge in [0.1, 0.15) is 0 Å². The normalized spacial score (nSPS) is 25.0. The van der Waals surface area contributed by atoms with Gasteiger partial charge in [-0.1, -0.05) is 12.1 Å². The molecular weight excluding hydrogens is 314 g/mol. The lowest BCUT2D eigenvalue weighted by Gasteiger charge is -2.37. The Balaban J connectivity index is 1.89. The quantitative estimate of drug-likeness (QED) is 0.842. The molecule has 2 aliphatic heterocycles. The Morgan fingerprint density at radius 1 is 1.35 bits per heavy atom. The van der Waals surface area contributed by atoms with Crippen molar-refractivity contribution in [2.45, 2.75) is 24.7 Å². The molecule has 5 nitrogen and oxygen atoms in total. The molecule has 1 aromatic rings. The molecule has 0 aliphatic carbocycles. The van der Waals surface area contributed by atoms with Crippen LogP contribution >= 0.6 is 0 Å². The number of hydrogen-bond donors (Lipinski definition) is 0. The van der Waals surface area contributed by atoms with Crippen molar-refractivity contribution >= 4 is 10.0 Å². The fourth-order valence-corrected chi connectivity index (χ4v) is 5.55. The summed E-state index contributed by atoms with van der Waals surface area (Å²) in [6.07, 6.45) is 1.81. The highest BCUT2D eigenvalue weighted by molar-refractivity contribution is 7.89. The van der Waals surface area contributed by atoms with Crippen LogP contribution in [0.4, 0.5) is 0 Å². The summed E-state index contributed by atoms with van der Waals surface area (Å²) in [6, 6.07) is 7.14. The third-order valence-electron chi connectivity index (χ3n) is 5.27. The Morgan fingerprint density at radius 2 is 2.09 bits per heavy atom. The molecule has 2 fully saturated rings. The van der Waals surface area contributed by atoms with Crippen LogP contribution in [-0.4, -0.2) is 52.7 Å². The molecular formula is C17H25NO4S.